The molecule has 0 bridgehead atoms. The van der Waals surface area contributed by atoms with Gasteiger partial charge in [0.15, 0.2) is 0 Å². The van der Waals surface area contributed by atoms with Gasteiger partial charge in [-0.1, -0.05) is 0 Å². The molecule has 3 nitrogen and oxygen atoms in total. The Hall–Kier alpha value is -1.96. The standard InChI is InChI=1S/C11H7F2NO2/c12-8-4-9(13)7(3-6(8)5-14)11(1-2-11)10(15)16/h3-4H,1-2H2,(H,15,16). The van der Waals surface area contributed by atoms with Gasteiger partial charge in [-0.2, -0.15) is 5.26 Å². The van der Waals surface area contributed by atoms with Crippen LogP contribution in [0, 0.1) is 23.0 Å². The average Bonchev–Trinajstić information content (AvgIpc) is 2.99. The summed E-state index contributed by atoms with van der Waals surface area (Å²) in [6.07, 6.45) is 0.630. The van der Waals surface area contributed by atoms with Crippen molar-refractivity contribution in [2.45, 2.75) is 18.3 Å². The molecule has 16 heavy (non-hydrogen) atoms. The topological polar surface area (TPSA) is 61.1 Å². The lowest BCUT2D eigenvalue weighted by atomic mass is 9.94. The number of carboxylic acids is 1. The van der Waals surface area contributed by atoms with Crippen LogP contribution >= 0.6 is 0 Å². The molecule has 1 N–H and O–H groups in total. The van der Waals surface area contributed by atoms with E-state index < -0.39 is 23.0 Å². The van der Waals surface area contributed by atoms with E-state index in [2.05, 4.69) is 0 Å². The molecule has 1 aromatic carbocycles. The Morgan fingerprint density at radius 2 is 2.00 bits per heavy atom. The highest BCUT2D eigenvalue weighted by atomic mass is 19.1. The van der Waals surface area contributed by atoms with Crippen LogP contribution < -0.4 is 0 Å². The molecule has 1 aliphatic carbocycles. The number of hydrogen-bond acceptors (Lipinski definition) is 2. The molecule has 0 atom stereocenters. The monoisotopic (exact) mass is 223 g/mol. The smallest absolute Gasteiger partial charge is 0.314 e. The molecule has 0 heterocycles. The summed E-state index contributed by atoms with van der Waals surface area (Å²) in [5.74, 6) is -3.01. The highest BCUT2D eigenvalue weighted by molar-refractivity contribution is 5.85. The lowest BCUT2D eigenvalue weighted by molar-refractivity contribution is -0.140. The minimum Gasteiger partial charge on any atom is -0.481 e. The molecule has 0 radical (unpaired) electrons. The Balaban J connectivity index is 2.59. The van der Waals surface area contributed by atoms with Crippen LogP contribution in [0.2, 0.25) is 0 Å². The van der Waals surface area contributed by atoms with Crippen LogP contribution in [0.3, 0.4) is 0 Å². The van der Waals surface area contributed by atoms with Gasteiger partial charge < -0.3 is 5.11 Å². The molecular formula is C11H7F2NO2. The van der Waals surface area contributed by atoms with Crippen LogP contribution in [-0.4, -0.2) is 11.1 Å². The van der Waals surface area contributed by atoms with E-state index >= 15 is 0 Å². The van der Waals surface area contributed by atoms with Gasteiger partial charge in [0.25, 0.3) is 0 Å². The quantitative estimate of drug-likeness (QED) is 0.833. The number of hydrogen-bond donors (Lipinski definition) is 1. The van der Waals surface area contributed by atoms with E-state index in [1.165, 1.54) is 0 Å². The van der Waals surface area contributed by atoms with E-state index in [0.29, 0.717) is 18.9 Å². The maximum absolute atomic E-state index is 13.5. The SMILES string of the molecule is N#Cc1cc(C2(C(=O)O)CC2)c(F)cc1F. The van der Waals surface area contributed by atoms with Gasteiger partial charge in [0, 0.05) is 11.6 Å². The van der Waals surface area contributed by atoms with Crippen molar-refractivity contribution < 1.29 is 18.7 Å². The number of aliphatic carboxylic acids is 1. The molecule has 5 heteroatoms. The summed E-state index contributed by atoms with van der Waals surface area (Å²) in [5, 5.41) is 17.6. The fraction of sp³-hybridized carbons (Fsp3) is 0.273. The van der Waals surface area contributed by atoms with Crippen LogP contribution in [0.15, 0.2) is 12.1 Å². The fourth-order valence-electron chi connectivity index (χ4n) is 1.72. The molecule has 1 aromatic rings. The van der Waals surface area contributed by atoms with E-state index in [0.717, 1.165) is 6.07 Å². The second-order valence-electron chi connectivity index (χ2n) is 3.81. The van der Waals surface area contributed by atoms with Crippen molar-refractivity contribution in [3.63, 3.8) is 0 Å². The Kier molecular flexibility index (Phi) is 2.16. The molecule has 0 spiro atoms. The van der Waals surface area contributed by atoms with Crippen molar-refractivity contribution in [2.75, 3.05) is 0 Å². The molecule has 0 aromatic heterocycles. The van der Waals surface area contributed by atoms with Crippen LogP contribution in [0.4, 0.5) is 8.78 Å². The summed E-state index contributed by atoms with van der Waals surface area (Å²) in [5.41, 5.74) is -1.69. The molecule has 0 unspecified atom stereocenters. The van der Waals surface area contributed by atoms with E-state index in [9.17, 15) is 13.6 Å². The number of halogens is 2. The first kappa shape index (κ1) is 10.6. The number of carbonyl (C=O) groups is 1. The molecule has 0 saturated heterocycles. The van der Waals surface area contributed by atoms with Crippen LogP contribution in [0.25, 0.3) is 0 Å². The largest absolute Gasteiger partial charge is 0.481 e. The van der Waals surface area contributed by atoms with Crippen LogP contribution in [0.1, 0.15) is 24.0 Å². The predicted molar refractivity (Wildman–Crippen MR) is 49.6 cm³/mol. The highest BCUT2D eigenvalue weighted by Gasteiger charge is 2.53. The molecule has 1 fully saturated rings. The molecule has 0 aliphatic heterocycles. The fourth-order valence-corrected chi connectivity index (χ4v) is 1.72. The lowest BCUT2D eigenvalue weighted by Crippen LogP contribution is -2.21. The molecule has 0 amide bonds. The van der Waals surface area contributed by atoms with E-state index in [1.54, 1.807) is 6.07 Å². The summed E-state index contributed by atoms with van der Waals surface area (Å²) in [6.45, 7) is 0. The van der Waals surface area contributed by atoms with Crippen molar-refractivity contribution in [1.82, 2.24) is 0 Å². The van der Waals surface area contributed by atoms with E-state index in [-0.39, 0.29) is 11.1 Å². The molecule has 1 saturated carbocycles. The first-order valence-electron chi connectivity index (χ1n) is 4.64. The third kappa shape index (κ3) is 1.34. The predicted octanol–water partition coefficient (Wildman–Crippen LogP) is 1.95. The second kappa shape index (κ2) is 3.27. The van der Waals surface area contributed by atoms with Gasteiger partial charge in [-0.15, -0.1) is 0 Å². The molecule has 1 aliphatic rings. The summed E-state index contributed by atoms with van der Waals surface area (Å²) in [6, 6.07) is 3.13. The van der Waals surface area contributed by atoms with Crippen LogP contribution in [0.5, 0.6) is 0 Å². The first-order valence-corrected chi connectivity index (χ1v) is 4.64. The minimum atomic E-state index is -1.26. The third-order valence-electron chi connectivity index (χ3n) is 2.85. The summed E-state index contributed by atoms with van der Waals surface area (Å²) < 4.78 is 26.5. The van der Waals surface area contributed by atoms with Crippen molar-refractivity contribution in [1.29, 1.82) is 5.26 Å². The summed E-state index contributed by atoms with van der Waals surface area (Å²) in [4.78, 5) is 11.0. The Labute approximate surface area is 89.9 Å². The van der Waals surface area contributed by atoms with Crippen molar-refractivity contribution in [3.05, 3.63) is 34.9 Å². The molecular weight excluding hydrogens is 216 g/mol. The van der Waals surface area contributed by atoms with Gasteiger partial charge in [0.2, 0.25) is 0 Å². The third-order valence-corrected chi connectivity index (χ3v) is 2.85. The Morgan fingerprint density at radius 1 is 1.38 bits per heavy atom. The van der Waals surface area contributed by atoms with Gasteiger partial charge in [0.1, 0.15) is 17.7 Å². The van der Waals surface area contributed by atoms with Crippen molar-refractivity contribution in [3.8, 4) is 6.07 Å². The first-order chi connectivity index (χ1) is 7.51. The zero-order chi connectivity index (χ0) is 11.9. The van der Waals surface area contributed by atoms with Crippen molar-refractivity contribution >= 4 is 5.97 Å². The van der Waals surface area contributed by atoms with Gasteiger partial charge in [-0.05, 0) is 18.9 Å². The van der Waals surface area contributed by atoms with Gasteiger partial charge in [-0.25, -0.2) is 8.78 Å². The average molecular weight is 223 g/mol. The normalized spacial score (nSPS) is 16.6. The maximum Gasteiger partial charge on any atom is 0.314 e. The number of nitriles is 1. The lowest BCUT2D eigenvalue weighted by Gasteiger charge is -2.11. The van der Waals surface area contributed by atoms with Gasteiger partial charge in [0.05, 0.1) is 11.0 Å². The number of rotatable bonds is 2. The van der Waals surface area contributed by atoms with Crippen molar-refractivity contribution in [2.24, 2.45) is 0 Å². The summed E-state index contributed by atoms with van der Waals surface area (Å²) in [7, 11) is 0. The minimum absolute atomic E-state index is 0.0991. The molecule has 82 valence electrons. The summed E-state index contributed by atoms with van der Waals surface area (Å²) >= 11 is 0. The zero-order valence-corrected chi connectivity index (χ0v) is 8.13. The Bertz CT molecular complexity index is 515. The number of benzene rings is 1. The van der Waals surface area contributed by atoms with E-state index in [1.807, 2.05) is 0 Å². The van der Waals surface area contributed by atoms with Gasteiger partial charge >= 0.3 is 5.97 Å². The van der Waals surface area contributed by atoms with Gasteiger partial charge in [-0.3, -0.25) is 4.79 Å². The number of nitrogens with zero attached hydrogens (tertiary/aromatic N) is 1. The zero-order valence-electron chi connectivity index (χ0n) is 8.13. The number of carboxylic acid groups (broad SMARTS) is 1. The second-order valence-corrected chi connectivity index (χ2v) is 3.81. The molecule has 2 rings (SSSR count). The maximum atomic E-state index is 13.5. The Morgan fingerprint density at radius 3 is 2.44 bits per heavy atom. The van der Waals surface area contributed by atoms with E-state index in [4.69, 9.17) is 10.4 Å². The highest BCUT2D eigenvalue weighted by Crippen LogP contribution is 2.49. The van der Waals surface area contributed by atoms with Crippen LogP contribution in [-0.2, 0) is 10.2 Å².